The van der Waals surface area contributed by atoms with Gasteiger partial charge in [0.1, 0.15) is 39.7 Å². The summed E-state index contributed by atoms with van der Waals surface area (Å²) in [4.78, 5) is 2.28. The van der Waals surface area contributed by atoms with E-state index in [-0.39, 0.29) is 6.71 Å². The Labute approximate surface area is 310 Å². The van der Waals surface area contributed by atoms with E-state index in [1.54, 1.807) is 0 Å². The number of rotatable bonds is 4. The summed E-state index contributed by atoms with van der Waals surface area (Å²) in [5, 5.41) is 4.23. The first-order chi connectivity index (χ1) is 26.8. The fourth-order valence-corrected chi connectivity index (χ4v) is 8.62. The lowest BCUT2D eigenvalue weighted by molar-refractivity contribution is 0.465. The third-order valence-electron chi connectivity index (χ3n) is 11.0. The maximum Gasteiger partial charge on any atom is 0.260 e. The van der Waals surface area contributed by atoms with Crippen molar-refractivity contribution < 1.29 is 18.3 Å². The standard InChI is InChI=1S/C48H28BNO4/c1-2-13-29(14-3-1)34-27-35-32-16-5-8-21-40(32)51-44(35)28-39(34)50(38-20-12-17-33-31-15-4-9-22-41(31)54-48(33)38)30-25-45-47-46(26-30)53-43-24-11-7-19-37(43)49(47)36-18-6-10-23-42(36)52-45/h1-28H. The molecule has 10 aromatic rings. The Bertz CT molecular complexity index is 3070. The zero-order chi connectivity index (χ0) is 35.3. The summed E-state index contributed by atoms with van der Waals surface area (Å²) in [5.41, 5.74) is 11.3. The van der Waals surface area contributed by atoms with Crippen molar-refractivity contribution in [2.45, 2.75) is 0 Å². The Morgan fingerprint density at radius 1 is 0.407 bits per heavy atom. The quantitative estimate of drug-likeness (QED) is 0.172. The molecule has 0 radical (unpaired) electrons. The number of furan rings is 2. The van der Waals surface area contributed by atoms with E-state index in [4.69, 9.17) is 18.3 Å². The predicted octanol–water partition coefficient (Wildman–Crippen LogP) is 11.3. The average molecular weight is 694 g/mol. The molecule has 8 aromatic carbocycles. The van der Waals surface area contributed by atoms with E-state index in [2.05, 4.69) is 138 Å². The fraction of sp³-hybridized carbons (Fsp3) is 0. The van der Waals surface area contributed by atoms with E-state index in [1.807, 2.05) is 36.4 Å². The van der Waals surface area contributed by atoms with Crippen LogP contribution in [0.3, 0.4) is 0 Å². The van der Waals surface area contributed by atoms with Crippen molar-refractivity contribution in [1.29, 1.82) is 0 Å². The van der Waals surface area contributed by atoms with Crippen LogP contribution in [0.15, 0.2) is 179 Å². The first kappa shape index (κ1) is 29.4. The molecule has 0 saturated carbocycles. The van der Waals surface area contributed by atoms with Crippen molar-refractivity contribution in [3.05, 3.63) is 170 Å². The van der Waals surface area contributed by atoms with Gasteiger partial charge >= 0.3 is 0 Å². The maximum atomic E-state index is 6.81. The van der Waals surface area contributed by atoms with Crippen LogP contribution in [0.25, 0.3) is 55.0 Å². The van der Waals surface area contributed by atoms with Crippen molar-refractivity contribution in [2.24, 2.45) is 0 Å². The number of benzene rings is 8. The monoisotopic (exact) mass is 693 g/mol. The van der Waals surface area contributed by atoms with Crippen LogP contribution in [0.4, 0.5) is 17.1 Å². The lowest BCUT2D eigenvalue weighted by atomic mass is 9.35. The van der Waals surface area contributed by atoms with Gasteiger partial charge in [-0.3, -0.25) is 0 Å². The number of hydrogen-bond donors (Lipinski definition) is 0. The van der Waals surface area contributed by atoms with Crippen LogP contribution in [0.2, 0.25) is 0 Å². The molecule has 6 heteroatoms. The number of anilines is 3. The Morgan fingerprint density at radius 3 is 1.72 bits per heavy atom. The number of para-hydroxylation sites is 5. The van der Waals surface area contributed by atoms with Crippen molar-refractivity contribution in [3.63, 3.8) is 0 Å². The number of fused-ring (bicyclic) bond motifs is 10. The molecule has 252 valence electrons. The summed E-state index contributed by atoms with van der Waals surface area (Å²) in [6.07, 6.45) is 0. The van der Waals surface area contributed by atoms with Crippen molar-refractivity contribution in [3.8, 4) is 34.1 Å². The second kappa shape index (κ2) is 11.2. The molecule has 12 rings (SSSR count). The molecule has 5 nitrogen and oxygen atoms in total. The van der Waals surface area contributed by atoms with Gasteiger partial charge < -0.3 is 23.2 Å². The minimum absolute atomic E-state index is 0.0296. The summed E-state index contributed by atoms with van der Waals surface area (Å²) < 4.78 is 27.0. The van der Waals surface area contributed by atoms with Gasteiger partial charge in [0.25, 0.3) is 6.71 Å². The number of ether oxygens (including phenoxy) is 2. The van der Waals surface area contributed by atoms with Crippen LogP contribution >= 0.6 is 0 Å². The van der Waals surface area contributed by atoms with Gasteiger partial charge in [0, 0.05) is 50.8 Å². The van der Waals surface area contributed by atoms with E-state index in [1.165, 1.54) is 0 Å². The zero-order valence-electron chi connectivity index (χ0n) is 28.8. The second-order valence-electron chi connectivity index (χ2n) is 14.0. The van der Waals surface area contributed by atoms with Gasteiger partial charge in [0.05, 0.1) is 17.1 Å². The van der Waals surface area contributed by atoms with E-state index < -0.39 is 0 Å². The van der Waals surface area contributed by atoms with Crippen LogP contribution < -0.4 is 30.8 Å². The summed E-state index contributed by atoms with van der Waals surface area (Å²) >= 11 is 0. The average Bonchev–Trinajstić information content (AvgIpc) is 3.79. The van der Waals surface area contributed by atoms with Gasteiger partial charge in [-0.2, -0.15) is 0 Å². The summed E-state index contributed by atoms with van der Waals surface area (Å²) in [6.45, 7) is -0.0296. The molecule has 0 spiro atoms. The van der Waals surface area contributed by atoms with Crippen molar-refractivity contribution >= 4 is 84.0 Å². The maximum absolute atomic E-state index is 6.81. The summed E-state index contributed by atoms with van der Waals surface area (Å²) in [6, 6.07) is 58.7. The summed E-state index contributed by atoms with van der Waals surface area (Å²) in [5.74, 6) is 3.20. The molecule has 0 amide bonds. The molecule has 2 aliphatic heterocycles. The van der Waals surface area contributed by atoms with E-state index in [9.17, 15) is 0 Å². The molecule has 0 aliphatic carbocycles. The van der Waals surface area contributed by atoms with Gasteiger partial charge in [0.15, 0.2) is 5.58 Å². The van der Waals surface area contributed by atoms with Gasteiger partial charge in [-0.15, -0.1) is 0 Å². The number of hydrogen-bond acceptors (Lipinski definition) is 5. The first-order valence-corrected chi connectivity index (χ1v) is 18.2. The Kier molecular flexibility index (Phi) is 6.08. The molecule has 0 unspecified atom stereocenters. The van der Waals surface area contributed by atoms with Crippen LogP contribution in [0.1, 0.15) is 0 Å². The highest BCUT2D eigenvalue weighted by atomic mass is 16.5. The van der Waals surface area contributed by atoms with Gasteiger partial charge in [-0.1, -0.05) is 115 Å². The molecule has 0 N–H and O–H groups in total. The lowest BCUT2D eigenvalue weighted by Gasteiger charge is -2.35. The molecule has 0 atom stereocenters. The molecular formula is C48H28BNO4. The first-order valence-electron chi connectivity index (χ1n) is 18.2. The minimum atomic E-state index is -0.0296. The lowest BCUT2D eigenvalue weighted by Crippen LogP contribution is -2.57. The van der Waals surface area contributed by atoms with Crippen molar-refractivity contribution in [1.82, 2.24) is 0 Å². The fourth-order valence-electron chi connectivity index (χ4n) is 8.62. The van der Waals surface area contributed by atoms with Gasteiger partial charge in [-0.25, -0.2) is 0 Å². The molecule has 4 heterocycles. The van der Waals surface area contributed by atoms with Crippen LogP contribution in [0, 0.1) is 0 Å². The van der Waals surface area contributed by atoms with E-state index in [0.29, 0.717) is 0 Å². The zero-order valence-corrected chi connectivity index (χ0v) is 28.8. The molecule has 0 bridgehead atoms. The Balaban J connectivity index is 1.19. The van der Waals surface area contributed by atoms with Crippen molar-refractivity contribution in [2.75, 3.05) is 4.90 Å². The van der Waals surface area contributed by atoms with Crippen LogP contribution in [-0.2, 0) is 0 Å². The smallest absolute Gasteiger partial charge is 0.260 e. The molecule has 2 aromatic heterocycles. The summed E-state index contributed by atoms with van der Waals surface area (Å²) in [7, 11) is 0. The molecule has 0 saturated heterocycles. The highest BCUT2D eigenvalue weighted by Crippen LogP contribution is 2.49. The number of nitrogens with zero attached hydrogens (tertiary/aromatic N) is 1. The SMILES string of the molecule is c1ccc(-c2cc3c(cc2N(c2cc4c5c(c2)Oc2ccccc2B5c2ccccc2O4)c2cccc4c2oc2ccccc24)oc2ccccc23)cc1. The van der Waals surface area contributed by atoms with E-state index >= 15 is 0 Å². The highest BCUT2D eigenvalue weighted by Gasteiger charge is 2.41. The van der Waals surface area contributed by atoms with Gasteiger partial charge in [-0.05, 0) is 52.9 Å². The normalized spacial score (nSPS) is 12.7. The Hall–Kier alpha value is -7.18. The predicted molar refractivity (Wildman–Crippen MR) is 219 cm³/mol. The minimum Gasteiger partial charge on any atom is -0.458 e. The highest BCUT2D eigenvalue weighted by molar-refractivity contribution is 6.98. The Morgan fingerprint density at radius 2 is 1.00 bits per heavy atom. The second-order valence-corrected chi connectivity index (χ2v) is 14.0. The van der Waals surface area contributed by atoms with Crippen LogP contribution in [0.5, 0.6) is 23.0 Å². The third kappa shape index (κ3) is 4.22. The largest absolute Gasteiger partial charge is 0.458 e. The molecule has 0 fully saturated rings. The third-order valence-corrected chi connectivity index (χ3v) is 11.0. The van der Waals surface area contributed by atoms with Crippen LogP contribution in [-0.4, -0.2) is 6.71 Å². The van der Waals surface area contributed by atoms with E-state index in [0.717, 1.165) is 111 Å². The molecular weight excluding hydrogens is 665 g/mol. The van der Waals surface area contributed by atoms with Gasteiger partial charge in [0.2, 0.25) is 0 Å². The molecule has 2 aliphatic rings. The topological polar surface area (TPSA) is 48.0 Å². The molecule has 54 heavy (non-hydrogen) atoms.